The predicted molar refractivity (Wildman–Crippen MR) is 80.7 cm³/mol. The molecule has 108 valence electrons. The summed E-state index contributed by atoms with van der Waals surface area (Å²) < 4.78 is 19.2. The molecule has 0 saturated heterocycles. The summed E-state index contributed by atoms with van der Waals surface area (Å²) in [4.78, 5) is 5.38. The van der Waals surface area contributed by atoms with E-state index >= 15 is 0 Å². The van der Waals surface area contributed by atoms with E-state index in [1.807, 2.05) is 0 Å². The van der Waals surface area contributed by atoms with Crippen LogP contribution >= 0.6 is 11.3 Å². The van der Waals surface area contributed by atoms with Gasteiger partial charge >= 0.3 is 0 Å². The average molecular weight is 294 g/mol. The molecular formula is C15H19FN2OS. The molecule has 0 aliphatic heterocycles. The van der Waals surface area contributed by atoms with Crippen molar-refractivity contribution in [2.75, 3.05) is 7.11 Å². The highest BCUT2D eigenvalue weighted by Gasteiger charge is 2.16. The number of nitrogens with one attached hydrogen (secondary N) is 1. The van der Waals surface area contributed by atoms with Gasteiger partial charge in [0.1, 0.15) is 16.6 Å². The molecule has 0 bridgehead atoms. The third-order valence-electron chi connectivity index (χ3n) is 2.76. The Morgan fingerprint density at radius 3 is 2.75 bits per heavy atom. The largest absolute Gasteiger partial charge is 0.496 e. The summed E-state index contributed by atoms with van der Waals surface area (Å²) in [6, 6.07) is 4.80. The second kappa shape index (κ2) is 5.89. The molecule has 20 heavy (non-hydrogen) atoms. The summed E-state index contributed by atoms with van der Waals surface area (Å²) in [6.07, 6.45) is 1.78. The predicted octanol–water partition coefficient (Wildman–Crippen LogP) is 3.85. The molecule has 0 atom stereocenters. The number of rotatable bonds is 4. The van der Waals surface area contributed by atoms with Crippen LogP contribution < -0.4 is 10.1 Å². The molecule has 0 unspecified atom stereocenters. The van der Waals surface area contributed by atoms with Crippen molar-refractivity contribution in [2.45, 2.75) is 32.9 Å². The molecule has 1 aromatic heterocycles. The first kappa shape index (κ1) is 14.9. The summed E-state index contributed by atoms with van der Waals surface area (Å²) in [6.45, 7) is 7.04. The lowest BCUT2D eigenvalue weighted by Gasteiger charge is -2.19. The van der Waals surface area contributed by atoms with Gasteiger partial charge in [-0.15, -0.1) is 11.3 Å². The number of aromatic nitrogens is 1. The fourth-order valence-electron chi connectivity index (χ4n) is 1.74. The number of benzene rings is 1. The highest BCUT2D eigenvalue weighted by atomic mass is 32.1. The summed E-state index contributed by atoms with van der Waals surface area (Å²) in [7, 11) is 1.54. The van der Waals surface area contributed by atoms with Gasteiger partial charge in [-0.05, 0) is 32.9 Å². The van der Waals surface area contributed by atoms with E-state index in [2.05, 4.69) is 31.1 Å². The van der Waals surface area contributed by atoms with Crippen LogP contribution in [0.3, 0.4) is 0 Å². The molecule has 3 nitrogen and oxygen atoms in total. The van der Waals surface area contributed by atoms with Gasteiger partial charge in [-0.25, -0.2) is 9.37 Å². The Hall–Kier alpha value is -1.46. The lowest BCUT2D eigenvalue weighted by molar-refractivity contribution is 0.413. The topological polar surface area (TPSA) is 34.1 Å². The lowest BCUT2D eigenvalue weighted by atomic mass is 10.1. The molecule has 1 heterocycles. The zero-order valence-electron chi connectivity index (χ0n) is 12.2. The Kier molecular flexibility index (Phi) is 4.40. The van der Waals surface area contributed by atoms with Crippen molar-refractivity contribution in [2.24, 2.45) is 0 Å². The van der Waals surface area contributed by atoms with E-state index in [0.29, 0.717) is 16.3 Å². The molecule has 0 aliphatic rings. The quantitative estimate of drug-likeness (QED) is 0.930. The number of thiazole rings is 1. The van der Waals surface area contributed by atoms with Gasteiger partial charge in [0.15, 0.2) is 0 Å². The van der Waals surface area contributed by atoms with Gasteiger partial charge in [-0.2, -0.15) is 0 Å². The van der Waals surface area contributed by atoms with E-state index in [1.54, 1.807) is 18.3 Å². The minimum absolute atomic E-state index is 0.0415. The summed E-state index contributed by atoms with van der Waals surface area (Å²) in [5.74, 6) is 0.198. The molecule has 0 fully saturated rings. The number of nitrogens with zero attached hydrogens (tertiary/aromatic N) is 1. The van der Waals surface area contributed by atoms with Crippen LogP contribution in [0.2, 0.25) is 0 Å². The van der Waals surface area contributed by atoms with Crippen LogP contribution in [0.25, 0.3) is 10.6 Å². The SMILES string of the molecule is COc1cccc(F)c1-c1ncc(CNC(C)(C)C)s1. The summed E-state index contributed by atoms with van der Waals surface area (Å²) in [5.41, 5.74) is 0.474. The molecule has 1 aromatic carbocycles. The monoisotopic (exact) mass is 294 g/mol. The van der Waals surface area contributed by atoms with Crippen molar-refractivity contribution in [1.29, 1.82) is 0 Å². The molecule has 5 heteroatoms. The lowest BCUT2D eigenvalue weighted by Crippen LogP contribution is -2.34. The van der Waals surface area contributed by atoms with Crippen LogP contribution in [0, 0.1) is 5.82 Å². The van der Waals surface area contributed by atoms with Gasteiger partial charge < -0.3 is 10.1 Å². The standard InChI is InChI=1S/C15H19FN2OS/c1-15(2,3)18-9-10-8-17-14(20-10)13-11(16)6-5-7-12(13)19-4/h5-8,18H,9H2,1-4H3. The van der Waals surface area contributed by atoms with Gasteiger partial charge in [-0.3, -0.25) is 0 Å². The van der Waals surface area contributed by atoms with Gasteiger partial charge in [0.25, 0.3) is 0 Å². The highest BCUT2D eigenvalue weighted by Crippen LogP contribution is 2.35. The number of ether oxygens (including phenoxy) is 1. The van der Waals surface area contributed by atoms with E-state index in [4.69, 9.17) is 4.74 Å². The molecule has 0 saturated carbocycles. The Morgan fingerprint density at radius 1 is 1.35 bits per heavy atom. The number of methoxy groups -OCH3 is 1. The van der Waals surface area contributed by atoms with E-state index in [0.717, 1.165) is 11.4 Å². The van der Waals surface area contributed by atoms with Crippen molar-refractivity contribution >= 4 is 11.3 Å². The zero-order chi connectivity index (χ0) is 14.8. The number of hydrogen-bond donors (Lipinski definition) is 1. The Labute approximate surface area is 122 Å². The Bertz CT molecular complexity index is 590. The minimum atomic E-state index is -0.311. The van der Waals surface area contributed by atoms with Crippen LogP contribution in [0.5, 0.6) is 5.75 Å². The smallest absolute Gasteiger partial charge is 0.137 e. The molecular weight excluding hydrogens is 275 g/mol. The maximum absolute atomic E-state index is 14.0. The van der Waals surface area contributed by atoms with Crippen molar-refractivity contribution in [3.8, 4) is 16.3 Å². The first-order valence-corrected chi connectivity index (χ1v) is 7.25. The van der Waals surface area contributed by atoms with E-state index in [1.165, 1.54) is 24.5 Å². The van der Waals surface area contributed by atoms with E-state index in [-0.39, 0.29) is 11.4 Å². The molecule has 2 aromatic rings. The van der Waals surface area contributed by atoms with Gasteiger partial charge in [-0.1, -0.05) is 6.07 Å². The maximum Gasteiger partial charge on any atom is 0.137 e. The second-order valence-electron chi connectivity index (χ2n) is 5.55. The summed E-state index contributed by atoms with van der Waals surface area (Å²) >= 11 is 1.48. The van der Waals surface area contributed by atoms with Crippen molar-refractivity contribution in [3.05, 3.63) is 35.1 Å². The van der Waals surface area contributed by atoms with E-state index in [9.17, 15) is 4.39 Å². The van der Waals surface area contributed by atoms with Crippen LogP contribution in [-0.4, -0.2) is 17.6 Å². The van der Waals surface area contributed by atoms with Crippen LogP contribution in [0.4, 0.5) is 4.39 Å². The third kappa shape index (κ3) is 3.55. The first-order valence-electron chi connectivity index (χ1n) is 6.43. The maximum atomic E-state index is 14.0. The number of hydrogen-bond acceptors (Lipinski definition) is 4. The fourth-order valence-corrected chi connectivity index (χ4v) is 2.64. The minimum Gasteiger partial charge on any atom is -0.496 e. The Balaban J connectivity index is 2.25. The van der Waals surface area contributed by atoms with Crippen LogP contribution in [0.1, 0.15) is 25.6 Å². The fraction of sp³-hybridized carbons (Fsp3) is 0.400. The number of halogens is 1. The molecule has 0 spiro atoms. The Morgan fingerprint density at radius 2 is 2.10 bits per heavy atom. The summed E-state index contributed by atoms with van der Waals surface area (Å²) in [5, 5.41) is 4.04. The van der Waals surface area contributed by atoms with Gasteiger partial charge in [0.2, 0.25) is 0 Å². The second-order valence-corrected chi connectivity index (χ2v) is 6.67. The zero-order valence-corrected chi connectivity index (χ0v) is 13.0. The molecule has 2 rings (SSSR count). The van der Waals surface area contributed by atoms with Gasteiger partial charge in [0.05, 0.1) is 12.7 Å². The van der Waals surface area contributed by atoms with Crippen molar-refractivity contribution in [3.63, 3.8) is 0 Å². The molecule has 0 amide bonds. The third-order valence-corrected chi connectivity index (χ3v) is 3.77. The van der Waals surface area contributed by atoms with Crippen LogP contribution in [0.15, 0.2) is 24.4 Å². The normalized spacial score (nSPS) is 11.7. The average Bonchev–Trinajstić information content (AvgIpc) is 2.83. The van der Waals surface area contributed by atoms with E-state index < -0.39 is 0 Å². The molecule has 1 N–H and O–H groups in total. The molecule has 0 aliphatic carbocycles. The van der Waals surface area contributed by atoms with Crippen LogP contribution in [-0.2, 0) is 6.54 Å². The van der Waals surface area contributed by atoms with Gasteiger partial charge in [0, 0.05) is 23.2 Å². The first-order chi connectivity index (χ1) is 9.40. The highest BCUT2D eigenvalue weighted by molar-refractivity contribution is 7.15. The molecule has 0 radical (unpaired) electrons. The van der Waals surface area contributed by atoms with Crippen molar-refractivity contribution in [1.82, 2.24) is 10.3 Å². The van der Waals surface area contributed by atoms with Crippen molar-refractivity contribution < 1.29 is 9.13 Å².